The number of esters is 1. The van der Waals surface area contributed by atoms with Gasteiger partial charge in [-0.1, -0.05) is 65.1 Å². The van der Waals surface area contributed by atoms with Crippen molar-refractivity contribution in [3.63, 3.8) is 0 Å². The van der Waals surface area contributed by atoms with Gasteiger partial charge in [0, 0.05) is 13.0 Å². The zero-order chi connectivity index (χ0) is 28.9. The van der Waals surface area contributed by atoms with Gasteiger partial charge in [-0.15, -0.1) is 0 Å². The highest BCUT2D eigenvalue weighted by Crippen LogP contribution is 2.44. The second-order valence-corrected chi connectivity index (χ2v) is 11.0. The molecule has 0 saturated heterocycles. The summed E-state index contributed by atoms with van der Waals surface area (Å²) in [7, 11) is 1.36. The fourth-order valence-electron chi connectivity index (χ4n) is 5.64. The minimum Gasteiger partial charge on any atom is -0.456 e. The quantitative estimate of drug-likeness (QED) is 0.259. The summed E-state index contributed by atoms with van der Waals surface area (Å²) in [6.45, 7) is 3.54. The lowest BCUT2D eigenvalue weighted by Gasteiger charge is -2.31. The van der Waals surface area contributed by atoms with E-state index in [1.807, 2.05) is 48.5 Å². The van der Waals surface area contributed by atoms with E-state index in [4.69, 9.17) is 9.47 Å². The number of benzene rings is 3. The van der Waals surface area contributed by atoms with Crippen LogP contribution in [0.15, 0.2) is 48.5 Å². The largest absolute Gasteiger partial charge is 0.510 e. The highest BCUT2D eigenvalue weighted by molar-refractivity contribution is 6.74. The fourth-order valence-corrected chi connectivity index (χ4v) is 5.64. The number of hydrogen-bond acceptors (Lipinski definition) is 4. The lowest BCUT2D eigenvalue weighted by Crippen LogP contribution is -2.42. The molecule has 1 amide bonds. The molecule has 9 heteroatoms. The Kier molecular flexibility index (Phi) is 7.32. The van der Waals surface area contributed by atoms with Crippen LogP contribution in [0, 0.1) is 20.8 Å². The van der Waals surface area contributed by atoms with Gasteiger partial charge in [0.25, 0.3) is 0 Å². The van der Waals surface area contributed by atoms with Crippen molar-refractivity contribution in [3.8, 4) is 11.1 Å². The minimum absolute atomic E-state index is 0.0101. The van der Waals surface area contributed by atoms with Gasteiger partial charge in [-0.25, -0.2) is 9.59 Å². The van der Waals surface area contributed by atoms with Crippen molar-refractivity contribution >= 4 is 30.2 Å². The number of amides is 1. The average Bonchev–Trinajstić information content (AvgIpc) is 3.14. The van der Waals surface area contributed by atoms with Gasteiger partial charge in [0.1, 0.15) is 12.2 Å². The number of carbonyl (C=O) groups excluding carboxylic acids is 2. The third-order valence-electron chi connectivity index (χ3n) is 7.14. The summed E-state index contributed by atoms with van der Waals surface area (Å²) in [5.41, 5.74) is 2.00. The Bertz CT molecular complexity index is 1410. The summed E-state index contributed by atoms with van der Waals surface area (Å²) < 4.78 is 54.0. The third kappa shape index (κ3) is 5.27. The first-order valence-electron chi connectivity index (χ1n) is 12.8. The van der Waals surface area contributed by atoms with Crippen LogP contribution in [-0.2, 0) is 9.47 Å². The molecule has 3 aromatic rings. The first kappa shape index (κ1) is 28.3. The zero-order valence-electron chi connectivity index (χ0n) is 23.2. The van der Waals surface area contributed by atoms with Crippen molar-refractivity contribution in [1.82, 2.24) is 0 Å². The minimum atomic E-state index is -5.49. The molecule has 206 valence electrons. The predicted molar refractivity (Wildman–Crippen MR) is 148 cm³/mol. The first-order valence-corrected chi connectivity index (χ1v) is 12.8. The molecular formula is C30H32BF3NO4-. The normalized spacial score (nSPS) is 13.1. The molecule has 5 nitrogen and oxygen atoms in total. The Balaban J connectivity index is 1.70. The van der Waals surface area contributed by atoms with Gasteiger partial charge >= 0.3 is 19.0 Å². The Labute approximate surface area is 227 Å². The summed E-state index contributed by atoms with van der Waals surface area (Å²) in [5, 5.41) is 0. The summed E-state index contributed by atoms with van der Waals surface area (Å²) in [4.78, 5) is 27.4. The third-order valence-corrected chi connectivity index (χ3v) is 7.14. The standard InChI is InChI=1S/C30H32BF3NO4/c1-17-25(28(36)39-30(4,5)6)18(2)27(19(3)26(17)31(32,33)34)35(7)29(37)38-16-24-22-14-10-8-12-20(22)21-13-9-11-15-23(21)24/h8-15,24H,16H2,1-7H3/q-1. The summed E-state index contributed by atoms with van der Waals surface area (Å²) in [6.07, 6.45) is -0.817. The Morgan fingerprint density at radius 1 is 0.872 bits per heavy atom. The van der Waals surface area contributed by atoms with Gasteiger partial charge in [0.05, 0.1) is 11.3 Å². The van der Waals surface area contributed by atoms with E-state index in [0.717, 1.165) is 27.2 Å². The van der Waals surface area contributed by atoms with Crippen LogP contribution in [0.1, 0.15) is 64.9 Å². The van der Waals surface area contributed by atoms with Gasteiger partial charge in [-0.05, 0) is 69.4 Å². The van der Waals surface area contributed by atoms with Crippen LogP contribution in [-0.4, -0.2) is 38.3 Å². The van der Waals surface area contributed by atoms with E-state index >= 15 is 0 Å². The molecular weight excluding hydrogens is 506 g/mol. The molecule has 1 aliphatic rings. The number of nitrogens with zero attached hydrogens (tertiary/aromatic N) is 1. The van der Waals surface area contributed by atoms with Gasteiger partial charge in [-0.3, -0.25) is 4.90 Å². The van der Waals surface area contributed by atoms with Gasteiger partial charge in [-0.2, -0.15) is 0 Å². The summed E-state index contributed by atoms with van der Waals surface area (Å²) in [6, 6.07) is 15.7. The summed E-state index contributed by atoms with van der Waals surface area (Å²) in [5.74, 6) is -1.08. The highest BCUT2D eigenvalue weighted by atomic mass is 19.4. The van der Waals surface area contributed by atoms with E-state index in [9.17, 15) is 22.5 Å². The van der Waals surface area contributed by atoms with Crippen molar-refractivity contribution < 1.29 is 32.0 Å². The van der Waals surface area contributed by atoms with Gasteiger partial charge < -0.3 is 22.4 Å². The molecule has 0 heterocycles. The van der Waals surface area contributed by atoms with Crippen molar-refractivity contribution in [2.24, 2.45) is 0 Å². The molecule has 3 aromatic carbocycles. The van der Waals surface area contributed by atoms with Crippen LogP contribution in [0.3, 0.4) is 0 Å². The van der Waals surface area contributed by atoms with Crippen LogP contribution in [0.5, 0.6) is 0 Å². The maximum absolute atomic E-state index is 14.3. The topological polar surface area (TPSA) is 55.8 Å². The molecule has 0 N–H and O–H groups in total. The molecule has 0 radical (unpaired) electrons. The maximum Gasteiger partial charge on any atom is 0.510 e. The second kappa shape index (κ2) is 10.1. The predicted octanol–water partition coefficient (Wildman–Crippen LogP) is 7.01. The molecule has 0 aliphatic heterocycles. The lowest BCUT2D eigenvalue weighted by molar-refractivity contribution is 0.00680. The Morgan fingerprint density at radius 3 is 1.87 bits per heavy atom. The Hall–Kier alpha value is -3.75. The van der Waals surface area contributed by atoms with Crippen molar-refractivity contribution in [1.29, 1.82) is 0 Å². The van der Waals surface area contributed by atoms with E-state index in [1.54, 1.807) is 20.8 Å². The molecule has 0 spiro atoms. The second-order valence-electron chi connectivity index (χ2n) is 11.0. The number of fused-ring (bicyclic) bond motifs is 3. The molecule has 0 aromatic heterocycles. The van der Waals surface area contributed by atoms with Crippen molar-refractivity contribution in [2.75, 3.05) is 18.6 Å². The van der Waals surface area contributed by atoms with Crippen LogP contribution < -0.4 is 10.4 Å². The van der Waals surface area contributed by atoms with E-state index in [1.165, 1.54) is 27.8 Å². The molecule has 0 unspecified atom stereocenters. The lowest BCUT2D eigenvalue weighted by atomic mass is 9.71. The molecule has 0 saturated carbocycles. The first-order chi connectivity index (χ1) is 18.1. The number of ether oxygens (including phenoxy) is 2. The molecule has 1 aliphatic carbocycles. The molecule has 0 bridgehead atoms. The van der Waals surface area contributed by atoms with Crippen LogP contribution >= 0.6 is 0 Å². The molecule has 4 rings (SSSR count). The zero-order valence-corrected chi connectivity index (χ0v) is 23.2. The number of carbonyl (C=O) groups is 2. The van der Waals surface area contributed by atoms with Crippen LogP contribution in [0.2, 0.25) is 0 Å². The monoisotopic (exact) mass is 538 g/mol. The molecule has 0 atom stereocenters. The van der Waals surface area contributed by atoms with E-state index in [2.05, 4.69) is 0 Å². The molecule has 39 heavy (non-hydrogen) atoms. The smallest absolute Gasteiger partial charge is 0.456 e. The fraction of sp³-hybridized carbons (Fsp3) is 0.333. The van der Waals surface area contributed by atoms with Gasteiger partial charge in [0.15, 0.2) is 0 Å². The number of hydrogen-bond donors (Lipinski definition) is 0. The highest BCUT2D eigenvalue weighted by Gasteiger charge is 2.37. The van der Waals surface area contributed by atoms with E-state index in [0.29, 0.717) is 0 Å². The number of anilines is 1. The molecule has 0 fully saturated rings. The van der Waals surface area contributed by atoms with Gasteiger partial charge in [0.2, 0.25) is 0 Å². The van der Waals surface area contributed by atoms with E-state index < -0.39 is 30.1 Å². The van der Waals surface area contributed by atoms with E-state index in [-0.39, 0.29) is 40.5 Å². The van der Waals surface area contributed by atoms with Crippen molar-refractivity contribution in [2.45, 2.75) is 53.1 Å². The SMILES string of the molecule is Cc1c(C(=O)OC(C)(C)C)c(C)c([B-](F)(F)F)c(C)c1N(C)C(=O)OCC1c2ccccc2-c2ccccc21. The number of halogens is 3. The summed E-state index contributed by atoms with van der Waals surface area (Å²) >= 11 is 0. The van der Waals surface area contributed by atoms with Crippen molar-refractivity contribution in [3.05, 3.63) is 81.9 Å². The number of rotatable bonds is 5. The van der Waals surface area contributed by atoms with Crippen LogP contribution in [0.4, 0.5) is 23.4 Å². The van der Waals surface area contributed by atoms with Crippen LogP contribution in [0.25, 0.3) is 11.1 Å². The Morgan fingerprint density at radius 2 is 1.38 bits per heavy atom. The maximum atomic E-state index is 14.3. The average molecular weight is 538 g/mol.